The topological polar surface area (TPSA) is 91.5 Å². The van der Waals surface area contributed by atoms with Crippen LogP contribution in [0.4, 0.5) is 0 Å². The lowest BCUT2D eigenvalue weighted by molar-refractivity contribution is 0.0374. The summed E-state index contributed by atoms with van der Waals surface area (Å²) in [5.74, 6) is 0.501. The van der Waals surface area contributed by atoms with Crippen molar-refractivity contribution in [2.45, 2.75) is 25.0 Å². The number of carbonyl (C=O) groups excluding carboxylic acids is 1. The molecule has 2 aromatic heterocycles. The molecule has 1 aromatic carbocycles. The maximum atomic E-state index is 12.8. The first-order valence-electron chi connectivity index (χ1n) is 9.63. The Bertz CT molecular complexity index is 1030. The van der Waals surface area contributed by atoms with E-state index in [0.29, 0.717) is 31.0 Å². The fraction of sp³-hybridized carbons (Fsp3) is 0.381. The van der Waals surface area contributed by atoms with Gasteiger partial charge in [-0.15, -0.1) is 0 Å². The lowest BCUT2D eigenvalue weighted by atomic mass is 9.77. The van der Waals surface area contributed by atoms with E-state index in [0.717, 1.165) is 17.5 Å². The van der Waals surface area contributed by atoms with Gasteiger partial charge in [-0.05, 0) is 42.9 Å². The van der Waals surface area contributed by atoms with Crippen LogP contribution in [0.3, 0.4) is 0 Å². The van der Waals surface area contributed by atoms with Gasteiger partial charge in [-0.1, -0.05) is 12.1 Å². The van der Waals surface area contributed by atoms with Crippen molar-refractivity contribution in [3.63, 3.8) is 0 Å². The zero-order valence-corrected chi connectivity index (χ0v) is 15.3. The van der Waals surface area contributed by atoms with Crippen LogP contribution in [0.25, 0.3) is 11.0 Å². The van der Waals surface area contributed by atoms with Crippen molar-refractivity contribution in [2.24, 2.45) is 11.8 Å². The monoisotopic (exact) mass is 378 g/mol. The number of benzene rings is 1. The number of aliphatic hydroxyl groups is 1. The molecule has 2 fully saturated rings. The van der Waals surface area contributed by atoms with Crippen molar-refractivity contribution in [3.05, 3.63) is 54.6 Å². The van der Waals surface area contributed by atoms with Gasteiger partial charge in [-0.2, -0.15) is 0 Å². The summed E-state index contributed by atoms with van der Waals surface area (Å²) in [6, 6.07) is 9.36. The van der Waals surface area contributed by atoms with Crippen LogP contribution in [0.5, 0.6) is 5.75 Å². The minimum atomic E-state index is -0.462. The molecule has 7 heteroatoms. The molecule has 0 bridgehead atoms. The predicted octanol–water partition coefficient (Wildman–Crippen LogP) is 2.22. The molecule has 4 atom stereocenters. The van der Waals surface area contributed by atoms with Crippen molar-refractivity contribution in [1.82, 2.24) is 19.4 Å². The second-order valence-corrected chi connectivity index (χ2v) is 7.91. The summed E-state index contributed by atoms with van der Waals surface area (Å²) >= 11 is 0. The van der Waals surface area contributed by atoms with Crippen LogP contribution in [0, 0.1) is 11.8 Å². The first-order chi connectivity index (χ1) is 13.6. The molecular formula is C21H22N4O3. The first kappa shape index (κ1) is 17.2. The van der Waals surface area contributed by atoms with Gasteiger partial charge in [-0.25, -0.2) is 4.98 Å². The Balaban J connectivity index is 1.36. The van der Waals surface area contributed by atoms with E-state index in [-0.39, 0.29) is 23.6 Å². The summed E-state index contributed by atoms with van der Waals surface area (Å²) in [5.41, 5.74) is 2.36. The van der Waals surface area contributed by atoms with E-state index in [2.05, 4.69) is 14.5 Å². The van der Waals surface area contributed by atoms with Gasteiger partial charge in [0.15, 0.2) is 0 Å². The van der Waals surface area contributed by atoms with E-state index < -0.39 is 6.10 Å². The number of fused-ring (bicyclic) bond motifs is 2. The molecule has 1 aliphatic carbocycles. The average Bonchev–Trinajstić information content (AvgIpc) is 3.30. The van der Waals surface area contributed by atoms with Crippen LogP contribution in [-0.2, 0) is 0 Å². The summed E-state index contributed by atoms with van der Waals surface area (Å²) in [5, 5.41) is 20.4. The number of aliphatic hydroxyl groups excluding tert-OH is 1. The van der Waals surface area contributed by atoms with Crippen molar-refractivity contribution in [1.29, 1.82) is 0 Å². The zero-order valence-electron chi connectivity index (χ0n) is 15.3. The number of amides is 1. The maximum Gasteiger partial charge on any atom is 0.255 e. The molecule has 28 heavy (non-hydrogen) atoms. The lowest BCUT2D eigenvalue weighted by Crippen LogP contribution is -2.36. The lowest BCUT2D eigenvalue weighted by Gasteiger charge is -2.36. The number of aromatic hydroxyl groups is 1. The molecule has 1 saturated heterocycles. The number of hydrogen-bond acceptors (Lipinski definition) is 5. The summed E-state index contributed by atoms with van der Waals surface area (Å²) in [6.45, 7) is 1.29. The van der Waals surface area contributed by atoms with Crippen molar-refractivity contribution in [2.75, 3.05) is 13.1 Å². The Kier molecular flexibility index (Phi) is 4.05. The van der Waals surface area contributed by atoms with Gasteiger partial charge < -0.3 is 19.7 Å². The van der Waals surface area contributed by atoms with E-state index in [1.807, 2.05) is 35.5 Å². The number of likely N-dealkylation sites (tertiary alicyclic amines) is 1. The normalized spacial score (nSPS) is 27.1. The van der Waals surface area contributed by atoms with Crippen LogP contribution in [0.1, 0.15) is 29.2 Å². The predicted molar refractivity (Wildman–Crippen MR) is 103 cm³/mol. The molecule has 0 spiro atoms. The van der Waals surface area contributed by atoms with Crippen LogP contribution < -0.4 is 0 Å². The molecule has 1 amide bonds. The molecule has 1 aliphatic heterocycles. The number of para-hydroxylation sites is 2. The Morgan fingerprint density at radius 1 is 1.11 bits per heavy atom. The molecular weight excluding hydrogens is 356 g/mol. The highest BCUT2D eigenvalue weighted by molar-refractivity contribution is 5.94. The summed E-state index contributed by atoms with van der Waals surface area (Å²) in [7, 11) is 0. The Morgan fingerprint density at radius 2 is 1.89 bits per heavy atom. The summed E-state index contributed by atoms with van der Waals surface area (Å²) in [4.78, 5) is 23.0. The zero-order chi connectivity index (χ0) is 19.3. The Morgan fingerprint density at radius 3 is 2.71 bits per heavy atom. The van der Waals surface area contributed by atoms with Crippen molar-refractivity contribution >= 4 is 16.9 Å². The largest absolute Gasteiger partial charge is 0.506 e. The molecule has 2 N–H and O–H groups in total. The molecule has 7 nitrogen and oxygen atoms in total. The SMILES string of the molecule is O=C(c1cncc(O)c1)N1C[C@H]2C[C@@H](n3cnc4ccccc43)[C@H](O)C[C@H]2C1. The number of hydrogen-bond donors (Lipinski definition) is 2. The highest BCUT2D eigenvalue weighted by Gasteiger charge is 2.44. The second-order valence-electron chi connectivity index (χ2n) is 7.91. The van der Waals surface area contributed by atoms with Crippen molar-refractivity contribution in [3.8, 4) is 5.75 Å². The number of pyridine rings is 1. The first-order valence-corrected chi connectivity index (χ1v) is 9.63. The van der Waals surface area contributed by atoms with Gasteiger partial charge in [0.25, 0.3) is 5.91 Å². The highest BCUT2D eigenvalue weighted by Crippen LogP contribution is 2.42. The van der Waals surface area contributed by atoms with Gasteiger partial charge in [0.1, 0.15) is 5.75 Å². The van der Waals surface area contributed by atoms with Gasteiger partial charge >= 0.3 is 0 Å². The van der Waals surface area contributed by atoms with E-state index in [1.165, 1.54) is 18.5 Å². The average molecular weight is 378 g/mol. The Labute approximate surface area is 162 Å². The third-order valence-electron chi connectivity index (χ3n) is 6.21. The summed E-state index contributed by atoms with van der Waals surface area (Å²) in [6.07, 6.45) is 5.64. The fourth-order valence-corrected chi connectivity index (χ4v) is 4.84. The number of carbonyl (C=O) groups is 1. The van der Waals surface area contributed by atoms with Crippen LogP contribution >= 0.6 is 0 Å². The van der Waals surface area contributed by atoms with E-state index in [4.69, 9.17) is 0 Å². The van der Waals surface area contributed by atoms with Gasteiger partial charge in [0.05, 0.1) is 41.3 Å². The molecule has 5 rings (SSSR count). The standard InChI is InChI=1S/C21H22N4O3/c26-16-5-13(8-22-9-16)21(28)24-10-14-6-19(20(27)7-15(14)11-24)25-12-23-17-3-1-2-4-18(17)25/h1-5,8-9,12,14-15,19-20,26-27H,6-7,10-11H2/t14-,15+,19-,20-/m1/s1. The summed E-state index contributed by atoms with van der Waals surface area (Å²) < 4.78 is 2.08. The third kappa shape index (κ3) is 2.82. The quantitative estimate of drug-likeness (QED) is 0.713. The molecule has 0 radical (unpaired) electrons. The highest BCUT2D eigenvalue weighted by atomic mass is 16.3. The fourth-order valence-electron chi connectivity index (χ4n) is 4.84. The molecule has 3 aromatic rings. The molecule has 0 unspecified atom stereocenters. The van der Waals surface area contributed by atoms with Crippen LogP contribution in [0.2, 0.25) is 0 Å². The van der Waals surface area contributed by atoms with E-state index >= 15 is 0 Å². The minimum absolute atomic E-state index is 0.00932. The van der Waals surface area contributed by atoms with Crippen LogP contribution in [0.15, 0.2) is 49.1 Å². The van der Waals surface area contributed by atoms with Gasteiger partial charge in [0.2, 0.25) is 0 Å². The number of nitrogens with zero attached hydrogens (tertiary/aromatic N) is 4. The van der Waals surface area contributed by atoms with E-state index in [9.17, 15) is 15.0 Å². The van der Waals surface area contributed by atoms with Crippen LogP contribution in [-0.4, -0.2) is 54.7 Å². The molecule has 3 heterocycles. The van der Waals surface area contributed by atoms with E-state index in [1.54, 1.807) is 0 Å². The smallest absolute Gasteiger partial charge is 0.255 e. The second kappa shape index (κ2) is 6.60. The van der Waals surface area contributed by atoms with Gasteiger partial charge in [-0.3, -0.25) is 9.78 Å². The molecule has 1 saturated carbocycles. The minimum Gasteiger partial charge on any atom is -0.506 e. The molecule has 144 valence electrons. The molecule has 2 aliphatic rings. The van der Waals surface area contributed by atoms with Crippen molar-refractivity contribution < 1.29 is 15.0 Å². The number of rotatable bonds is 2. The van der Waals surface area contributed by atoms with Gasteiger partial charge in [0, 0.05) is 19.3 Å². The maximum absolute atomic E-state index is 12.8. The third-order valence-corrected chi connectivity index (χ3v) is 6.21. The number of aromatic nitrogens is 3. The Hall–Kier alpha value is -2.93. The number of imidazole rings is 1.